The minimum absolute atomic E-state index is 0.0260. The van der Waals surface area contributed by atoms with Crippen LogP contribution in [0.5, 0.6) is 0 Å². The van der Waals surface area contributed by atoms with Crippen LogP contribution >= 0.6 is 0 Å². The van der Waals surface area contributed by atoms with Crippen molar-refractivity contribution in [2.75, 3.05) is 26.2 Å². The van der Waals surface area contributed by atoms with Gasteiger partial charge in [-0.3, -0.25) is 9.59 Å². The summed E-state index contributed by atoms with van der Waals surface area (Å²) in [5.74, 6) is 0.0817. The first-order valence-electron chi connectivity index (χ1n) is 8.75. The number of carbonyl (C=O) groups is 2. The van der Waals surface area contributed by atoms with Crippen molar-refractivity contribution in [3.8, 4) is 0 Å². The van der Waals surface area contributed by atoms with Crippen LogP contribution in [0.2, 0.25) is 0 Å². The van der Waals surface area contributed by atoms with E-state index in [-0.39, 0.29) is 18.2 Å². The molecule has 0 N–H and O–H groups in total. The summed E-state index contributed by atoms with van der Waals surface area (Å²) in [6.45, 7) is 2.24. The zero-order valence-corrected chi connectivity index (χ0v) is 14.4. The van der Waals surface area contributed by atoms with Crippen molar-refractivity contribution < 1.29 is 9.59 Å². The number of pyridine rings is 1. The smallest absolute Gasteiger partial charge is 0.253 e. The van der Waals surface area contributed by atoms with E-state index in [1.54, 1.807) is 0 Å². The van der Waals surface area contributed by atoms with Crippen molar-refractivity contribution in [3.63, 3.8) is 0 Å². The van der Waals surface area contributed by atoms with E-state index in [1.165, 1.54) is 0 Å². The monoisotopic (exact) mass is 348 g/mol. The van der Waals surface area contributed by atoms with Gasteiger partial charge in [-0.05, 0) is 24.3 Å². The predicted molar refractivity (Wildman–Crippen MR) is 97.8 cm³/mol. The lowest BCUT2D eigenvalue weighted by atomic mass is 10.2. The molecule has 0 saturated carbocycles. The maximum atomic E-state index is 12.6. The molecule has 2 aromatic heterocycles. The Bertz CT molecular complexity index is 894. The number of nitrogens with zero attached hydrogens (tertiary/aromatic N) is 4. The van der Waals surface area contributed by atoms with Crippen molar-refractivity contribution in [3.05, 3.63) is 72.2 Å². The number of rotatable bonds is 3. The van der Waals surface area contributed by atoms with E-state index < -0.39 is 0 Å². The van der Waals surface area contributed by atoms with Gasteiger partial charge in [0.2, 0.25) is 5.91 Å². The predicted octanol–water partition coefficient (Wildman–Crippen LogP) is 1.86. The first-order valence-corrected chi connectivity index (χ1v) is 8.75. The maximum Gasteiger partial charge on any atom is 0.253 e. The summed E-state index contributed by atoms with van der Waals surface area (Å²) in [7, 11) is 0. The highest BCUT2D eigenvalue weighted by atomic mass is 16.2. The van der Waals surface area contributed by atoms with Crippen LogP contribution < -0.4 is 0 Å². The SMILES string of the molecule is O=C(Cc1cn2ccccc2n1)N1CCN(C(=O)c2ccccc2)CC1. The summed E-state index contributed by atoms with van der Waals surface area (Å²) in [5, 5.41) is 0. The number of piperazine rings is 1. The molecule has 4 rings (SSSR count). The minimum Gasteiger partial charge on any atom is -0.339 e. The molecular weight excluding hydrogens is 328 g/mol. The molecule has 0 radical (unpaired) electrons. The Labute approximate surface area is 151 Å². The Kier molecular flexibility index (Phi) is 4.39. The van der Waals surface area contributed by atoms with E-state index in [2.05, 4.69) is 4.98 Å². The van der Waals surface area contributed by atoms with E-state index in [4.69, 9.17) is 0 Å². The second kappa shape index (κ2) is 7.00. The fourth-order valence-corrected chi connectivity index (χ4v) is 3.26. The highest BCUT2D eigenvalue weighted by Crippen LogP contribution is 2.11. The highest BCUT2D eigenvalue weighted by Gasteiger charge is 2.25. The lowest BCUT2D eigenvalue weighted by molar-refractivity contribution is -0.132. The van der Waals surface area contributed by atoms with Gasteiger partial charge >= 0.3 is 0 Å². The second-order valence-electron chi connectivity index (χ2n) is 6.41. The molecular formula is C20H20N4O2. The maximum absolute atomic E-state index is 12.6. The van der Waals surface area contributed by atoms with Crippen molar-refractivity contribution in [1.82, 2.24) is 19.2 Å². The quantitative estimate of drug-likeness (QED) is 0.726. The van der Waals surface area contributed by atoms with E-state index >= 15 is 0 Å². The van der Waals surface area contributed by atoms with Crippen molar-refractivity contribution >= 4 is 17.5 Å². The number of benzene rings is 1. The number of fused-ring (bicyclic) bond motifs is 1. The number of aromatic nitrogens is 2. The molecule has 1 aliphatic rings. The number of imidazole rings is 1. The fraction of sp³-hybridized carbons (Fsp3) is 0.250. The molecule has 0 aliphatic carbocycles. The van der Waals surface area contributed by atoms with E-state index in [0.717, 1.165) is 11.3 Å². The highest BCUT2D eigenvalue weighted by molar-refractivity contribution is 5.94. The number of hydrogen-bond acceptors (Lipinski definition) is 3. The minimum atomic E-state index is 0.0260. The standard InChI is InChI=1S/C20H20N4O2/c25-19(14-17-15-24-9-5-4-8-18(24)21-17)22-10-12-23(13-11-22)20(26)16-6-2-1-3-7-16/h1-9,15H,10-14H2. The third kappa shape index (κ3) is 3.31. The summed E-state index contributed by atoms with van der Waals surface area (Å²) in [6, 6.07) is 15.0. The molecule has 1 aliphatic heterocycles. The van der Waals surface area contributed by atoms with Crippen LogP contribution in [-0.4, -0.2) is 57.2 Å². The summed E-state index contributed by atoms with van der Waals surface area (Å²) >= 11 is 0. The molecule has 0 atom stereocenters. The third-order valence-corrected chi connectivity index (χ3v) is 4.69. The van der Waals surface area contributed by atoms with Gasteiger partial charge in [-0.1, -0.05) is 24.3 Å². The topological polar surface area (TPSA) is 57.9 Å². The van der Waals surface area contributed by atoms with Crippen molar-refractivity contribution in [1.29, 1.82) is 0 Å². The molecule has 0 spiro atoms. The third-order valence-electron chi connectivity index (χ3n) is 4.69. The summed E-state index contributed by atoms with van der Waals surface area (Å²) < 4.78 is 1.92. The Morgan fingerprint density at radius 2 is 1.58 bits per heavy atom. The van der Waals surface area contributed by atoms with Gasteiger partial charge in [-0.15, -0.1) is 0 Å². The largest absolute Gasteiger partial charge is 0.339 e. The first kappa shape index (κ1) is 16.3. The van der Waals surface area contributed by atoms with Gasteiger partial charge in [-0.2, -0.15) is 0 Å². The molecule has 1 fully saturated rings. The second-order valence-corrected chi connectivity index (χ2v) is 6.41. The summed E-state index contributed by atoms with van der Waals surface area (Å²) in [4.78, 5) is 33.1. The van der Waals surface area contributed by atoms with Gasteiger partial charge in [0, 0.05) is 44.1 Å². The fourth-order valence-electron chi connectivity index (χ4n) is 3.26. The van der Waals surface area contributed by atoms with Crippen LogP contribution in [0.1, 0.15) is 16.1 Å². The molecule has 3 aromatic rings. The molecule has 3 heterocycles. The molecule has 2 amide bonds. The van der Waals surface area contributed by atoms with Gasteiger partial charge in [-0.25, -0.2) is 4.98 Å². The van der Waals surface area contributed by atoms with Gasteiger partial charge in [0.1, 0.15) is 5.65 Å². The van der Waals surface area contributed by atoms with Crippen LogP contribution in [0.25, 0.3) is 5.65 Å². The molecule has 132 valence electrons. The summed E-state index contributed by atoms with van der Waals surface area (Å²) in [6.07, 6.45) is 4.10. The van der Waals surface area contributed by atoms with Crippen LogP contribution in [0.3, 0.4) is 0 Å². The number of carbonyl (C=O) groups excluding carboxylic acids is 2. The average molecular weight is 348 g/mol. The molecule has 0 unspecified atom stereocenters. The molecule has 0 bridgehead atoms. The Morgan fingerprint density at radius 3 is 2.31 bits per heavy atom. The van der Waals surface area contributed by atoms with E-state index in [0.29, 0.717) is 31.7 Å². The van der Waals surface area contributed by atoms with Gasteiger partial charge in [0.15, 0.2) is 0 Å². The van der Waals surface area contributed by atoms with Gasteiger partial charge in [0.05, 0.1) is 12.1 Å². The number of hydrogen-bond donors (Lipinski definition) is 0. The van der Waals surface area contributed by atoms with Crippen molar-refractivity contribution in [2.45, 2.75) is 6.42 Å². The van der Waals surface area contributed by atoms with Gasteiger partial charge in [0.25, 0.3) is 5.91 Å². The van der Waals surface area contributed by atoms with Crippen LogP contribution in [0.15, 0.2) is 60.9 Å². The van der Waals surface area contributed by atoms with Gasteiger partial charge < -0.3 is 14.2 Å². The lowest BCUT2D eigenvalue weighted by Crippen LogP contribution is -2.51. The van der Waals surface area contributed by atoms with Crippen LogP contribution in [0.4, 0.5) is 0 Å². The zero-order valence-electron chi connectivity index (χ0n) is 14.4. The zero-order chi connectivity index (χ0) is 17.9. The number of amides is 2. The lowest BCUT2D eigenvalue weighted by Gasteiger charge is -2.34. The normalized spacial score (nSPS) is 14.6. The Morgan fingerprint density at radius 1 is 0.885 bits per heavy atom. The molecule has 26 heavy (non-hydrogen) atoms. The van der Waals surface area contributed by atoms with E-state index in [9.17, 15) is 9.59 Å². The molecule has 1 aromatic carbocycles. The van der Waals surface area contributed by atoms with E-state index in [1.807, 2.05) is 75.1 Å². The molecule has 6 heteroatoms. The average Bonchev–Trinajstić information content (AvgIpc) is 3.10. The Hall–Kier alpha value is -3.15. The first-order chi connectivity index (χ1) is 12.7. The molecule has 1 saturated heterocycles. The van der Waals surface area contributed by atoms with Crippen molar-refractivity contribution in [2.24, 2.45) is 0 Å². The van der Waals surface area contributed by atoms with Crippen LogP contribution in [0, 0.1) is 0 Å². The molecule has 6 nitrogen and oxygen atoms in total. The summed E-state index contributed by atoms with van der Waals surface area (Å²) in [5.41, 5.74) is 2.30. The Balaban J connectivity index is 1.35. The van der Waals surface area contributed by atoms with Crippen LogP contribution in [-0.2, 0) is 11.2 Å².